The number of carbonyl (C=O) groups is 1. The molecule has 10 heteroatoms. The molecule has 2 aromatic rings. The average Bonchev–Trinajstić information content (AvgIpc) is 3.03. The van der Waals surface area contributed by atoms with Crippen molar-refractivity contribution in [1.82, 2.24) is 19.7 Å². The SMILES string of the molecule is Cc1cc(N2CCC[C@H](NS(=O)(=O)c3c(C)noc3C)C2=O)n(C)n1. The normalized spacial score (nSPS) is 18.8. The molecule has 2 aromatic heterocycles. The van der Waals surface area contributed by atoms with Crippen LogP contribution in [0.1, 0.15) is 30.0 Å². The molecule has 0 saturated carbocycles. The summed E-state index contributed by atoms with van der Waals surface area (Å²) in [4.78, 5) is 14.4. The molecular formula is C15H21N5O4S. The number of piperidine rings is 1. The molecule has 1 N–H and O–H groups in total. The topological polar surface area (TPSA) is 110 Å². The van der Waals surface area contributed by atoms with Crippen LogP contribution in [-0.2, 0) is 21.9 Å². The van der Waals surface area contributed by atoms with E-state index in [1.165, 1.54) is 6.92 Å². The number of nitrogens with zero attached hydrogens (tertiary/aromatic N) is 4. The van der Waals surface area contributed by atoms with Gasteiger partial charge in [-0.2, -0.15) is 9.82 Å². The molecule has 0 aliphatic carbocycles. The van der Waals surface area contributed by atoms with Gasteiger partial charge in [-0.15, -0.1) is 0 Å². The molecule has 1 aliphatic rings. The van der Waals surface area contributed by atoms with Crippen molar-refractivity contribution in [2.75, 3.05) is 11.4 Å². The summed E-state index contributed by atoms with van der Waals surface area (Å²) in [6, 6.07) is 0.978. The lowest BCUT2D eigenvalue weighted by Crippen LogP contribution is -2.52. The van der Waals surface area contributed by atoms with Crippen LogP contribution in [0.2, 0.25) is 0 Å². The van der Waals surface area contributed by atoms with Gasteiger partial charge in [-0.05, 0) is 33.6 Å². The Balaban J connectivity index is 1.86. The summed E-state index contributed by atoms with van der Waals surface area (Å²) < 4.78 is 34.4. The van der Waals surface area contributed by atoms with E-state index in [2.05, 4.69) is 15.0 Å². The number of aryl methyl sites for hydroxylation is 4. The van der Waals surface area contributed by atoms with Crippen LogP contribution in [0, 0.1) is 20.8 Å². The van der Waals surface area contributed by atoms with Gasteiger partial charge < -0.3 is 4.52 Å². The molecule has 9 nitrogen and oxygen atoms in total. The number of sulfonamides is 1. The van der Waals surface area contributed by atoms with E-state index in [9.17, 15) is 13.2 Å². The second kappa shape index (κ2) is 6.26. The van der Waals surface area contributed by atoms with Gasteiger partial charge in [0.1, 0.15) is 22.4 Å². The first kappa shape index (κ1) is 17.6. The van der Waals surface area contributed by atoms with Crippen LogP contribution in [-0.4, -0.2) is 41.8 Å². The molecule has 136 valence electrons. The lowest BCUT2D eigenvalue weighted by Gasteiger charge is -2.32. The summed E-state index contributed by atoms with van der Waals surface area (Å²) >= 11 is 0. The summed E-state index contributed by atoms with van der Waals surface area (Å²) in [6.07, 6.45) is 1.12. The van der Waals surface area contributed by atoms with E-state index >= 15 is 0 Å². The molecule has 0 spiro atoms. The van der Waals surface area contributed by atoms with E-state index < -0.39 is 16.1 Å². The molecule has 3 rings (SSSR count). The lowest BCUT2D eigenvalue weighted by atomic mass is 10.1. The maximum Gasteiger partial charge on any atom is 0.246 e. The number of rotatable bonds is 4. The average molecular weight is 367 g/mol. The van der Waals surface area contributed by atoms with Crippen LogP contribution < -0.4 is 9.62 Å². The highest BCUT2D eigenvalue weighted by atomic mass is 32.2. The van der Waals surface area contributed by atoms with Gasteiger partial charge in [0.2, 0.25) is 15.9 Å². The summed E-state index contributed by atoms with van der Waals surface area (Å²) in [6.45, 7) is 5.46. The first-order chi connectivity index (χ1) is 11.7. The highest BCUT2D eigenvalue weighted by Gasteiger charge is 2.36. The van der Waals surface area contributed by atoms with Crippen molar-refractivity contribution in [3.05, 3.63) is 23.2 Å². The number of aromatic nitrogens is 3. The van der Waals surface area contributed by atoms with Gasteiger partial charge in [-0.1, -0.05) is 5.16 Å². The van der Waals surface area contributed by atoms with Crippen molar-refractivity contribution in [2.24, 2.45) is 7.05 Å². The Morgan fingerprint density at radius 1 is 1.32 bits per heavy atom. The van der Waals surface area contributed by atoms with Crippen LogP contribution >= 0.6 is 0 Å². The van der Waals surface area contributed by atoms with Crippen LogP contribution in [0.15, 0.2) is 15.5 Å². The fraction of sp³-hybridized carbons (Fsp3) is 0.533. The van der Waals surface area contributed by atoms with Gasteiger partial charge in [0.25, 0.3) is 0 Å². The zero-order valence-corrected chi connectivity index (χ0v) is 15.4. The minimum Gasteiger partial charge on any atom is -0.360 e. The molecule has 0 radical (unpaired) electrons. The molecule has 1 amide bonds. The highest BCUT2D eigenvalue weighted by molar-refractivity contribution is 7.89. The minimum atomic E-state index is -3.90. The van der Waals surface area contributed by atoms with Crippen molar-refractivity contribution >= 4 is 21.7 Å². The van der Waals surface area contributed by atoms with Crippen LogP contribution in [0.5, 0.6) is 0 Å². The molecule has 0 bridgehead atoms. The summed E-state index contributed by atoms with van der Waals surface area (Å²) in [5.74, 6) is 0.570. The second-order valence-corrected chi connectivity index (χ2v) is 7.88. The number of nitrogens with one attached hydrogen (secondary N) is 1. The molecule has 3 heterocycles. The number of hydrogen-bond acceptors (Lipinski definition) is 6. The van der Waals surface area contributed by atoms with E-state index in [0.717, 1.165) is 5.69 Å². The number of carbonyl (C=O) groups excluding carboxylic acids is 1. The third-order valence-corrected chi connectivity index (χ3v) is 5.94. The molecule has 1 aliphatic heterocycles. The first-order valence-corrected chi connectivity index (χ1v) is 9.46. The maximum absolute atomic E-state index is 12.8. The van der Waals surface area contributed by atoms with Crippen LogP contribution in [0.3, 0.4) is 0 Å². The first-order valence-electron chi connectivity index (χ1n) is 7.98. The quantitative estimate of drug-likeness (QED) is 0.856. The fourth-order valence-corrected chi connectivity index (χ4v) is 4.72. The van der Waals surface area contributed by atoms with Gasteiger partial charge in [-0.25, -0.2) is 8.42 Å². The van der Waals surface area contributed by atoms with Gasteiger partial charge >= 0.3 is 0 Å². The van der Waals surface area contributed by atoms with Crippen LogP contribution in [0.4, 0.5) is 5.82 Å². The molecule has 0 aromatic carbocycles. The largest absolute Gasteiger partial charge is 0.360 e. The number of hydrogen-bond donors (Lipinski definition) is 1. The second-order valence-electron chi connectivity index (χ2n) is 6.23. The fourth-order valence-electron chi connectivity index (χ4n) is 3.17. The van der Waals surface area contributed by atoms with Crippen molar-refractivity contribution in [1.29, 1.82) is 0 Å². The Morgan fingerprint density at radius 2 is 2.04 bits per heavy atom. The van der Waals surface area contributed by atoms with Crippen molar-refractivity contribution in [2.45, 2.75) is 44.6 Å². The van der Waals surface area contributed by atoms with Crippen molar-refractivity contribution in [3.8, 4) is 0 Å². The van der Waals surface area contributed by atoms with Gasteiger partial charge in [0, 0.05) is 19.7 Å². The maximum atomic E-state index is 12.8. The molecule has 0 unspecified atom stereocenters. The van der Waals surface area contributed by atoms with Gasteiger partial charge in [0.05, 0.1) is 5.69 Å². The van der Waals surface area contributed by atoms with Crippen molar-refractivity contribution < 1.29 is 17.7 Å². The summed E-state index contributed by atoms with van der Waals surface area (Å²) in [5, 5.41) is 7.92. The Hall–Kier alpha value is -2.20. The molecular weight excluding hydrogens is 346 g/mol. The van der Waals surface area contributed by atoms with E-state index in [4.69, 9.17) is 4.52 Å². The van der Waals surface area contributed by atoms with Gasteiger partial charge in [0.15, 0.2) is 5.76 Å². The van der Waals surface area contributed by atoms with Crippen LogP contribution in [0.25, 0.3) is 0 Å². The van der Waals surface area contributed by atoms with E-state index in [1.807, 2.05) is 13.0 Å². The summed E-state index contributed by atoms with van der Waals surface area (Å²) in [5.41, 5.74) is 1.07. The smallest absolute Gasteiger partial charge is 0.246 e. The zero-order valence-electron chi connectivity index (χ0n) is 14.6. The lowest BCUT2D eigenvalue weighted by molar-refractivity contribution is -0.121. The molecule has 1 atom stereocenters. The Bertz CT molecular complexity index is 895. The monoisotopic (exact) mass is 367 g/mol. The molecule has 25 heavy (non-hydrogen) atoms. The summed E-state index contributed by atoms with van der Waals surface area (Å²) in [7, 11) is -2.14. The highest BCUT2D eigenvalue weighted by Crippen LogP contribution is 2.24. The predicted molar refractivity (Wildman–Crippen MR) is 89.6 cm³/mol. The zero-order chi connectivity index (χ0) is 18.4. The predicted octanol–water partition coefficient (Wildman–Crippen LogP) is 0.807. The third-order valence-electron chi connectivity index (χ3n) is 4.23. The Labute approximate surface area is 146 Å². The van der Waals surface area contributed by atoms with Gasteiger partial charge in [-0.3, -0.25) is 14.4 Å². The molecule has 1 saturated heterocycles. The Morgan fingerprint density at radius 3 is 2.60 bits per heavy atom. The molecule has 1 fully saturated rings. The third kappa shape index (κ3) is 3.19. The minimum absolute atomic E-state index is 0.00574. The van der Waals surface area contributed by atoms with E-state index in [1.54, 1.807) is 23.6 Å². The Kier molecular flexibility index (Phi) is 4.41. The van der Waals surface area contributed by atoms with E-state index in [-0.39, 0.29) is 22.3 Å². The van der Waals surface area contributed by atoms with Crippen molar-refractivity contribution in [3.63, 3.8) is 0 Å². The number of anilines is 1. The number of amides is 1. The standard InChI is InChI=1S/C15H21N5O4S/c1-9-8-13(19(4)16-9)20-7-5-6-12(15(20)21)18-25(22,23)14-10(2)17-24-11(14)3/h8,12,18H,5-7H2,1-4H3/t12-/m0/s1. The van der Waals surface area contributed by atoms with E-state index in [0.29, 0.717) is 25.2 Å².